The van der Waals surface area contributed by atoms with Crippen LogP contribution in [0, 0.1) is 0 Å². The summed E-state index contributed by atoms with van der Waals surface area (Å²) in [6.45, 7) is 3.11. The molecule has 0 heterocycles. The van der Waals surface area contributed by atoms with Crippen LogP contribution in [-0.2, 0) is 6.42 Å². The van der Waals surface area contributed by atoms with Crippen molar-refractivity contribution in [1.29, 1.82) is 0 Å². The molecule has 0 radical (unpaired) electrons. The molecule has 0 fully saturated rings. The predicted octanol–water partition coefficient (Wildman–Crippen LogP) is 0.951. The van der Waals surface area contributed by atoms with E-state index in [1.807, 2.05) is 6.92 Å². The van der Waals surface area contributed by atoms with Gasteiger partial charge in [-0.1, -0.05) is 12.1 Å². The summed E-state index contributed by atoms with van der Waals surface area (Å²) in [6, 6.07) is 6.36. The number of urea groups is 1. The number of nitrogens with one attached hydrogen (secondary N) is 1. The third-order valence-electron chi connectivity index (χ3n) is 2.93. The van der Waals surface area contributed by atoms with Crippen LogP contribution in [0.4, 0.5) is 4.79 Å². The highest BCUT2D eigenvalue weighted by Gasteiger charge is 2.09. The van der Waals surface area contributed by atoms with Gasteiger partial charge in [-0.2, -0.15) is 0 Å². The van der Waals surface area contributed by atoms with Gasteiger partial charge in [-0.05, 0) is 31.0 Å². The lowest BCUT2D eigenvalue weighted by Crippen LogP contribution is -2.42. The van der Waals surface area contributed by atoms with Gasteiger partial charge in [-0.15, -0.1) is 0 Å². The van der Waals surface area contributed by atoms with Crippen molar-refractivity contribution < 1.29 is 19.8 Å². The van der Waals surface area contributed by atoms with Gasteiger partial charge in [0.05, 0.1) is 12.2 Å². The number of benzene rings is 1. The fourth-order valence-electron chi connectivity index (χ4n) is 1.76. The third kappa shape index (κ3) is 4.89. The molecular weight excluding hydrogens is 260 g/mol. The normalized spacial score (nSPS) is 10.1. The average molecular weight is 280 g/mol. The second-order valence-electron chi connectivity index (χ2n) is 4.29. The topological polar surface area (TPSA) is 89.9 Å². The maximum absolute atomic E-state index is 11.7. The number of amides is 2. The van der Waals surface area contributed by atoms with Crippen molar-refractivity contribution in [2.24, 2.45) is 0 Å². The molecule has 0 bridgehead atoms. The van der Waals surface area contributed by atoms with Crippen LogP contribution >= 0.6 is 0 Å². The smallest absolute Gasteiger partial charge is 0.335 e. The lowest BCUT2D eigenvalue weighted by molar-refractivity contribution is 0.0697. The van der Waals surface area contributed by atoms with E-state index in [0.29, 0.717) is 26.1 Å². The Morgan fingerprint density at radius 2 is 1.90 bits per heavy atom. The van der Waals surface area contributed by atoms with Crippen molar-refractivity contribution >= 4 is 12.0 Å². The summed E-state index contributed by atoms with van der Waals surface area (Å²) < 4.78 is 0. The average Bonchev–Trinajstić information content (AvgIpc) is 2.45. The molecule has 110 valence electrons. The number of aliphatic hydroxyl groups is 1. The van der Waals surface area contributed by atoms with E-state index in [-0.39, 0.29) is 18.2 Å². The highest BCUT2D eigenvalue weighted by Crippen LogP contribution is 2.04. The fraction of sp³-hybridized carbons (Fsp3) is 0.429. The number of likely N-dealkylation sites (N-methyl/N-ethyl adjacent to an activating group) is 1. The summed E-state index contributed by atoms with van der Waals surface area (Å²) in [4.78, 5) is 23.9. The maximum atomic E-state index is 11.7. The van der Waals surface area contributed by atoms with Gasteiger partial charge in [-0.3, -0.25) is 0 Å². The van der Waals surface area contributed by atoms with Gasteiger partial charge in [0.25, 0.3) is 0 Å². The molecule has 0 spiro atoms. The van der Waals surface area contributed by atoms with E-state index < -0.39 is 5.97 Å². The minimum atomic E-state index is -0.951. The molecule has 0 saturated carbocycles. The first-order chi connectivity index (χ1) is 9.58. The summed E-state index contributed by atoms with van der Waals surface area (Å²) in [7, 11) is 0. The molecule has 6 nitrogen and oxygen atoms in total. The lowest BCUT2D eigenvalue weighted by Gasteiger charge is -2.20. The Morgan fingerprint density at radius 3 is 2.40 bits per heavy atom. The number of carbonyl (C=O) groups is 2. The van der Waals surface area contributed by atoms with Crippen LogP contribution in [-0.4, -0.2) is 53.4 Å². The lowest BCUT2D eigenvalue weighted by atomic mass is 10.1. The molecule has 0 aromatic heterocycles. The van der Waals surface area contributed by atoms with E-state index >= 15 is 0 Å². The first kappa shape index (κ1) is 16.0. The molecule has 2 amide bonds. The van der Waals surface area contributed by atoms with Gasteiger partial charge < -0.3 is 20.4 Å². The maximum Gasteiger partial charge on any atom is 0.335 e. The molecule has 0 atom stereocenters. The monoisotopic (exact) mass is 280 g/mol. The van der Waals surface area contributed by atoms with E-state index in [1.165, 1.54) is 4.90 Å². The summed E-state index contributed by atoms with van der Waals surface area (Å²) in [5, 5.41) is 20.4. The predicted molar refractivity (Wildman–Crippen MR) is 74.8 cm³/mol. The van der Waals surface area contributed by atoms with Crippen molar-refractivity contribution in [3.63, 3.8) is 0 Å². The molecule has 1 rings (SSSR count). The largest absolute Gasteiger partial charge is 0.478 e. The number of rotatable bonds is 7. The van der Waals surface area contributed by atoms with E-state index in [4.69, 9.17) is 10.2 Å². The van der Waals surface area contributed by atoms with Gasteiger partial charge in [0.2, 0.25) is 0 Å². The van der Waals surface area contributed by atoms with Gasteiger partial charge in [0.15, 0.2) is 0 Å². The van der Waals surface area contributed by atoms with Crippen LogP contribution in [0.1, 0.15) is 22.8 Å². The zero-order valence-corrected chi connectivity index (χ0v) is 11.5. The van der Waals surface area contributed by atoms with E-state index in [0.717, 1.165) is 5.56 Å². The van der Waals surface area contributed by atoms with Crippen LogP contribution in [0.25, 0.3) is 0 Å². The number of carboxylic acid groups (broad SMARTS) is 1. The highest BCUT2D eigenvalue weighted by molar-refractivity contribution is 5.87. The number of hydrogen-bond donors (Lipinski definition) is 3. The molecule has 1 aromatic carbocycles. The standard InChI is InChI=1S/C14H20N2O4/c1-2-16(9-10-17)14(20)15-8-7-11-3-5-12(6-4-11)13(18)19/h3-6,17H,2,7-10H2,1H3,(H,15,20)(H,18,19). The molecule has 0 saturated heterocycles. The Hall–Kier alpha value is -2.08. The number of nitrogens with zero attached hydrogens (tertiary/aromatic N) is 1. The zero-order valence-electron chi connectivity index (χ0n) is 11.5. The van der Waals surface area contributed by atoms with Crippen LogP contribution in [0.5, 0.6) is 0 Å². The molecule has 20 heavy (non-hydrogen) atoms. The molecule has 0 aliphatic carbocycles. The highest BCUT2D eigenvalue weighted by atomic mass is 16.4. The Balaban J connectivity index is 2.40. The Morgan fingerprint density at radius 1 is 1.25 bits per heavy atom. The van der Waals surface area contributed by atoms with Crippen molar-refractivity contribution in [1.82, 2.24) is 10.2 Å². The minimum Gasteiger partial charge on any atom is -0.478 e. The van der Waals surface area contributed by atoms with E-state index in [2.05, 4.69) is 5.32 Å². The van der Waals surface area contributed by atoms with Crippen LogP contribution in [0.2, 0.25) is 0 Å². The number of carbonyl (C=O) groups excluding carboxylic acids is 1. The van der Waals surface area contributed by atoms with E-state index in [1.54, 1.807) is 24.3 Å². The quantitative estimate of drug-likeness (QED) is 0.693. The van der Waals surface area contributed by atoms with Gasteiger partial charge >= 0.3 is 12.0 Å². The first-order valence-corrected chi connectivity index (χ1v) is 6.54. The Labute approximate surface area is 118 Å². The molecule has 0 aliphatic rings. The van der Waals surface area contributed by atoms with Gasteiger partial charge in [-0.25, -0.2) is 9.59 Å². The number of aliphatic hydroxyl groups excluding tert-OH is 1. The van der Waals surface area contributed by atoms with Crippen molar-refractivity contribution in [3.8, 4) is 0 Å². The molecular formula is C14H20N2O4. The SMILES string of the molecule is CCN(CCO)C(=O)NCCc1ccc(C(=O)O)cc1. The molecule has 0 aliphatic heterocycles. The van der Waals surface area contributed by atoms with Crippen LogP contribution in [0.3, 0.4) is 0 Å². The number of carboxylic acids is 1. The van der Waals surface area contributed by atoms with E-state index in [9.17, 15) is 9.59 Å². The third-order valence-corrected chi connectivity index (χ3v) is 2.93. The Kier molecular flexibility index (Phi) is 6.52. The summed E-state index contributed by atoms with van der Waals surface area (Å²) in [5.74, 6) is -0.951. The minimum absolute atomic E-state index is 0.0576. The van der Waals surface area contributed by atoms with Crippen molar-refractivity contribution in [2.45, 2.75) is 13.3 Å². The molecule has 0 unspecified atom stereocenters. The summed E-state index contributed by atoms with van der Waals surface area (Å²) >= 11 is 0. The molecule has 3 N–H and O–H groups in total. The zero-order chi connectivity index (χ0) is 15.0. The molecule has 6 heteroatoms. The fourth-order valence-corrected chi connectivity index (χ4v) is 1.76. The second-order valence-corrected chi connectivity index (χ2v) is 4.29. The van der Waals surface area contributed by atoms with Crippen LogP contribution in [0.15, 0.2) is 24.3 Å². The second kappa shape index (κ2) is 8.16. The van der Waals surface area contributed by atoms with Crippen molar-refractivity contribution in [3.05, 3.63) is 35.4 Å². The van der Waals surface area contributed by atoms with Gasteiger partial charge in [0, 0.05) is 19.6 Å². The molecule has 1 aromatic rings. The van der Waals surface area contributed by atoms with Gasteiger partial charge in [0.1, 0.15) is 0 Å². The van der Waals surface area contributed by atoms with Crippen LogP contribution < -0.4 is 5.32 Å². The van der Waals surface area contributed by atoms with Crippen molar-refractivity contribution in [2.75, 3.05) is 26.2 Å². The number of hydrogen-bond acceptors (Lipinski definition) is 3. The number of aromatic carboxylic acids is 1. The summed E-state index contributed by atoms with van der Waals surface area (Å²) in [5.41, 5.74) is 1.21. The summed E-state index contributed by atoms with van der Waals surface area (Å²) in [6.07, 6.45) is 0.627. The first-order valence-electron chi connectivity index (χ1n) is 6.54. The Bertz CT molecular complexity index is 445.